The summed E-state index contributed by atoms with van der Waals surface area (Å²) >= 11 is 0. The van der Waals surface area contributed by atoms with Crippen molar-refractivity contribution in [1.82, 2.24) is 0 Å². The minimum absolute atomic E-state index is 0.109. The lowest BCUT2D eigenvalue weighted by atomic mass is 10.1. The number of unbranched alkanes of at least 4 members (excludes halogenated alkanes) is 10. The first kappa shape index (κ1) is 38.2. The predicted molar refractivity (Wildman–Crippen MR) is 147 cm³/mol. The fraction of sp³-hybridized carbons (Fsp3) is 0.767. The van der Waals surface area contributed by atoms with E-state index in [1.54, 1.807) is 0 Å². The van der Waals surface area contributed by atoms with Crippen molar-refractivity contribution < 1.29 is 55.2 Å². The molecule has 0 saturated heterocycles. The van der Waals surface area contributed by atoms with E-state index in [0.717, 1.165) is 13.0 Å². The molecule has 244 valence electrons. The van der Waals surface area contributed by atoms with Crippen molar-refractivity contribution in [2.45, 2.75) is 84.0 Å². The zero-order valence-corrected chi connectivity index (χ0v) is 24.8. The van der Waals surface area contributed by atoms with E-state index >= 15 is 0 Å². The van der Waals surface area contributed by atoms with Crippen LogP contribution in [0.2, 0.25) is 0 Å². The van der Waals surface area contributed by atoms with Crippen LogP contribution in [-0.4, -0.2) is 72.0 Å². The second kappa shape index (κ2) is 25.6. The number of rotatable bonds is 28. The van der Waals surface area contributed by atoms with Crippen LogP contribution in [0.5, 0.6) is 5.75 Å². The highest BCUT2D eigenvalue weighted by Crippen LogP contribution is 2.29. The van der Waals surface area contributed by atoms with Crippen LogP contribution in [0.1, 0.15) is 84.0 Å². The van der Waals surface area contributed by atoms with Gasteiger partial charge in [0.25, 0.3) is 0 Å². The van der Waals surface area contributed by atoms with Crippen molar-refractivity contribution in [3.8, 4) is 5.75 Å². The zero-order valence-electron chi connectivity index (χ0n) is 24.8. The van der Waals surface area contributed by atoms with Gasteiger partial charge >= 0.3 is 5.97 Å². The second-order valence-electron chi connectivity index (χ2n) is 9.72. The standard InChI is InChI=1S/C30H47F5O7/c1-2-3-4-5-6-7-8-9-10-11-12-14-37-16-18-39-20-22-41-23-21-40-19-17-38-15-13-24(36)42-30-28(34)26(32)25(31)27(33)29(30)35/h2-23H2,1H3. The first-order valence-electron chi connectivity index (χ1n) is 15.0. The summed E-state index contributed by atoms with van der Waals surface area (Å²) in [4.78, 5) is 11.6. The molecule has 7 nitrogen and oxygen atoms in total. The highest BCUT2D eigenvalue weighted by Gasteiger charge is 2.28. The molecule has 0 saturated carbocycles. The van der Waals surface area contributed by atoms with Gasteiger partial charge in [0.05, 0.1) is 65.9 Å². The van der Waals surface area contributed by atoms with Crippen molar-refractivity contribution in [2.24, 2.45) is 0 Å². The van der Waals surface area contributed by atoms with Gasteiger partial charge in [-0.25, -0.2) is 13.2 Å². The van der Waals surface area contributed by atoms with Crippen LogP contribution in [0.15, 0.2) is 0 Å². The highest BCUT2D eigenvalue weighted by atomic mass is 19.2. The van der Waals surface area contributed by atoms with Gasteiger partial charge in [0, 0.05) is 6.61 Å². The van der Waals surface area contributed by atoms with Gasteiger partial charge in [-0.1, -0.05) is 71.1 Å². The molecule has 0 aromatic heterocycles. The second-order valence-corrected chi connectivity index (χ2v) is 9.72. The molecule has 0 bridgehead atoms. The van der Waals surface area contributed by atoms with Gasteiger partial charge in [0.2, 0.25) is 34.8 Å². The average molecular weight is 615 g/mol. The third kappa shape index (κ3) is 17.9. The van der Waals surface area contributed by atoms with E-state index in [1.807, 2.05) is 0 Å². The summed E-state index contributed by atoms with van der Waals surface area (Å²) in [5, 5.41) is 0. The number of carbonyl (C=O) groups excluding carboxylic acids is 1. The minimum atomic E-state index is -2.34. The number of hydrogen-bond donors (Lipinski definition) is 0. The van der Waals surface area contributed by atoms with E-state index in [4.69, 9.17) is 23.7 Å². The molecule has 12 heteroatoms. The Hall–Kier alpha value is -1.86. The van der Waals surface area contributed by atoms with Crippen LogP contribution in [0.4, 0.5) is 22.0 Å². The Bertz CT molecular complexity index is 816. The van der Waals surface area contributed by atoms with E-state index in [0.29, 0.717) is 39.6 Å². The number of halogens is 5. The molecule has 0 atom stereocenters. The van der Waals surface area contributed by atoms with Crippen LogP contribution in [0.3, 0.4) is 0 Å². The summed E-state index contributed by atoms with van der Waals surface area (Å²) in [6.45, 7) is 5.74. The molecule has 0 aliphatic rings. The Balaban J connectivity index is 1.82. The van der Waals surface area contributed by atoms with Gasteiger partial charge in [-0.15, -0.1) is 0 Å². The maximum Gasteiger partial charge on any atom is 0.313 e. The number of carbonyl (C=O) groups is 1. The number of esters is 1. The number of benzene rings is 1. The van der Waals surface area contributed by atoms with E-state index < -0.39 is 47.2 Å². The molecular weight excluding hydrogens is 567 g/mol. The monoisotopic (exact) mass is 614 g/mol. The van der Waals surface area contributed by atoms with Gasteiger partial charge < -0.3 is 28.4 Å². The lowest BCUT2D eigenvalue weighted by molar-refractivity contribution is -0.136. The Morgan fingerprint density at radius 3 is 1.21 bits per heavy atom. The molecule has 1 aromatic rings. The molecule has 1 aromatic carbocycles. The number of ether oxygens (including phenoxy) is 6. The molecule has 1 rings (SSSR count). The first-order valence-corrected chi connectivity index (χ1v) is 15.0. The fourth-order valence-electron chi connectivity index (χ4n) is 3.84. The summed E-state index contributed by atoms with van der Waals surface area (Å²) in [6, 6.07) is 0. The van der Waals surface area contributed by atoms with E-state index in [9.17, 15) is 26.7 Å². The summed E-state index contributed by atoms with van der Waals surface area (Å²) in [5.41, 5.74) is 0. The largest absolute Gasteiger partial charge is 0.420 e. The van der Waals surface area contributed by atoms with Gasteiger partial charge in [-0.3, -0.25) is 4.79 Å². The Morgan fingerprint density at radius 2 is 0.786 bits per heavy atom. The van der Waals surface area contributed by atoms with Crippen LogP contribution >= 0.6 is 0 Å². The van der Waals surface area contributed by atoms with Crippen LogP contribution < -0.4 is 4.74 Å². The molecule has 0 spiro atoms. The van der Waals surface area contributed by atoms with Gasteiger partial charge in [-0.2, -0.15) is 8.78 Å². The average Bonchev–Trinajstić information content (AvgIpc) is 2.99. The molecule has 42 heavy (non-hydrogen) atoms. The van der Waals surface area contributed by atoms with Gasteiger partial charge in [-0.05, 0) is 6.42 Å². The Kier molecular flexibility index (Phi) is 23.3. The van der Waals surface area contributed by atoms with Gasteiger partial charge in [0.1, 0.15) is 0 Å². The fourth-order valence-corrected chi connectivity index (χ4v) is 3.84. The van der Waals surface area contributed by atoms with Crippen molar-refractivity contribution >= 4 is 5.97 Å². The minimum Gasteiger partial charge on any atom is -0.420 e. The van der Waals surface area contributed by atoms with Crippen LogP contribution in [0.25, 0.3) is 0 Å². The quantitative estimate of drug-likeness (QED) is 0.0250. The van der Waals surface area contributed by atoms with Crippen molar-refractivity contribution in [3.05, 3.63) is 29.1 Å². The molecular formula is C30H47F5O7. The zero-order chi connectivity index (χ0) is 30.8. The number of hydrogen-bond acceptors (Lipinski definition) is 7. The normalized spacial score (nSPS) is 11.4. The molecule has 0 N–H and O–H groups in total. The molecule has 0 aliphatic carbocycles. The van der Waals surface area contributed by atoms with Crippen molar-refractivity contribution in [2.75, 3.05) is 66.1 Å². The van der Waals surface area contributed by atoms with Crippen molar-refractivity contribution in [3.63, 3.8) is 0 Å². The lowest BCUT2D eigenvalue weighted by Gasteiger charge is -2.09. The van der Waals surface area contributed by atoms with E-state index in [-0.39, 0.29) is 19.8 Å². The molecule has 0 heterocycles. The third-order valence-electron chi connectivity index (χ3n) is 6.22. The summed E-state index contributed by atoms with van der Waals surface area (Å²) in [7, 11) is 0. The smallest absolute Gasteiger partial charge is 0.313 e. The Labute approximate surface area is 246 Å². The molecule has 0 radical (unpaired) electrons. The first-order chi connectivity index (χ1) is 20.4. The summed E-state index contributed by atoms with van der Waals surface area (Å²) in [5.74, 6) is -14.0. The topological polar surface area (TPSA) is 72.5 Å². The highest BCUT2D eigenvalue weighted by molar-refractivity contribution is 5.72. The van der Waals surface area contributed by atoms with Gasteiger partial charge in [0.15, 0.2) is 0 Å². The van der Waals surface area contributed by atoms with Crippen LogP contribution in [-0.2, 0) is 28.5 Å². The van der Waals surface area contributed by atoms with E-state index in [2.05, 4.69) is 11.7 Å². The van der Waals surface area contributed by atoms with Crippen LogP contribution in [0, 0.1) is 29.1 Å². The summed E-state index contributed by atoms with van der Waals surface area (Å²) < 4.78 is 97.4. The van der Waals surface area contributed by atoms with E-state index in [1.165, 1.54) is 64.2 Å². The van der Waals surface area contributed by atoms with Crippen molar-refractivity contribution in [1.29, 1.82) is 0 Å². The molecule has 0 fully saturated rings. The SMILES string of the molecule is CCCCCCCCCCCCCOCCOCCOCCOCCOCCC(=O)Oc1c(F)c(F)c(F)c(F)c1F. The third-order valence-corrected chi connectivity index (χ3v) is 6.22. The molecule has 0 amide bonds. The summed E-state index contributed by atoms with van der Waals surface area (Å²) in [6.07, 6.45) is 13.9. The molecule has 0 unspecified atom stereocenters. The maximum absolute atomic E-state index is 13.5. The predicted octanol–water partition coefficient (Wildman–Crippen LogP) is 7.07. The lowest BCUT2D eigenvalue weighted by Crippen LogP contribution is -2.16. The molecule has 0 aliphatic heterocycles. The maximum atomic E-state index is 13.5. The Morgan fingerprint density at radius 1 is 0.452 bits per heavy atom.